The second kappa shape index (κ2) is 7.61. The summed E-state index contributed by atoms with van der Waals surface area (Å²) in [5, 5.41) is 1.02. The molecular formula is C24H24N4OS. The first-order valence-corrected chi connectivity index (χ1v) is 11.1. The highest BCUT2D eigenvalue weighted by atomic mass is 32.1. The lowest BCUT2D eigenvalue weighted by Gasteiger charge is -2.37. The highest BCUT2D eigenvalue weighted by molar-refractivity contribution is 7.21. The average molecular weight is 417 g/mol. The van der Waals surface area contributed by atoms with Gasteiger partial charge in [-0.1, -0.05) is 12.1 Å². The van der Waals surface area contributed by atoms with Crippen molar-refractivity contribution in [3.63, 3.8) is 0 Å². The Balaban J connectivity index is 1.42. The highest BCUT2D eigenvalue weighted by Gasteiger charge is 2.28. The number of hydrogen-bond acceptors (Lipinski definition) is 4. The molecule has 0 bridgehead atoms. The van der Waals surface area contributed by atoms with E-state index in [-0.39, 0.29) is 5.91 Å². The number of pyridine rings is 1. The maximum absolute atomic E-state index is 13.5. The molecule has 4 aromatic rings. The van der Waals surface area contributed by atoms with Gasteiger partial charge in [0.05, 0.1) is 5.69 Å². The van der Waals surface area contributed by atoms with Crippen molar-refractivity contribution in [2.75, 3.05) is 31.1 Å². The third-order valence-electron chi connectivity index (χ3n) is 5.98. The van der Waals surface area contributed by atoms with Crippen LogP contribution in [0.1, 0.15) is 20.8 Å². The van der Waals surface area contributed by atoms with Gasteiger partial charge in [-0.15, -0.1) is 11.3 Å². The van der Waals surface area contributed by atoms with E-state index in [1.165, 1.54) is 28.2 Å². The van der Waals surface area contributed by atoms with Crippen LogP contribution in [0.3, 0.4) is 0 Å². The van der Waals surface area contributed by atoms with Crippen molar-refractivity contribution in [1.29, 1.82) is 0 Å². The number of nitrogens with zero attached hydrogens (tertiary/aromatic N) is 4. The van der Waals surface area contributed by atoms with Gasteiger partial charge < -0.3 is 14.4 Å². The standard InChI is InChI=1S/C24H24N4OS/c1-17-7-5-9-20(18(17)2)26-13-15-28(16-14-26)24(29)22-21(27-11-3-4-12-27)19-8-6-10-25-23(19)30-22/h3-12H,13-16H2,1-2H3. The number of thiophene rings is 1. The van der Waals surface area contributed by atoms with E-state index in [1.807, 2.05) is 46.1 Å². The number of benzene rings is 1. The predicted molar refractivity (Wildman–Crippen MR) is 123 cm³/mol. The van der Waals surface area contributed by atoms with E-state index < -0.39 is 0 Å². The molecule has 0 N–H and O–H groups in total. The third-order valence-corrected chi connectivity index (χ3v) is 7.07. The number of carbonyl (C=O) groups is 1. The molecule has 0 aliphatic carbocycles. The van der Waals surface area contributed by atoms with Crippen LogP contribution in [0, 0.1) is 13.8 Å². The molecule has 1 fully saturated rings. The zero-order valence-electron chi connectivity index (χ0n) is 17.2. The first kappa shape index (κ1) is 18.9. The normalized spacial score (nSPS) is 14.5. The van der Waals surface area contributed by atoms with E-state index in [9.17, 15) is 4.79 Å². The van der Waals surface area contributed by atoms with Crippen molar-refractivity contribution in [3.05, 3.63) is 77.1 Å². The van der Waals surface area contributed by atoms with Crippen LogP contribution in [0.4, 0.5) is 5.69 Å². The largest absolute Gasteiger partial charge is 0.368 e. The molecule has 4 heterocycles. The topological polar surface area (TPSA) is 41.4 Å². The van der Waals surface area contributed by atoms with E-state index in [0.717, 1.165) is 47.0 Å². The first-order chi connectivity index (χ1) is 14.6. The van der Waals surface area contributed by atoms with Crippen LogP contribution < -0.4 is 4.90 Å². The quantitative estimate of drug-likeness (QED) is 0.487. The maximum Gasteiger partial charge on any atom is 0.266 e. The zero-order chi connectivity index (χ0) is 20.7. The van der Waals surface area contributed by atoms with Gasteiger partial charge in [0.1, 0.15) is 9.71 Å². The summed E-state index contributed by atoms with van der Waals surface area (Å²) in [7, 11) is 0. The number of hydrogen-bond donors (Lipinski definition) is 0. The Hall–Kier alpha value is -3.12. The second-order valence-corrected chi connectivity index (χ2v) is 8.72. The number of fused-ring (bicyclic) bond motifs is 1. The minimum Gasteiger partial charge on any atom is -0.368 e. The van der Waals surface area contributed by atoms with Gasteiger partial charge >= 0.3 is 0 Å². The lowest BCUT2D eigenvalue weighted by Crippen LogP contribution is -2.49. The number of aromatic nitrogens is 2. The second-order valence-electron chi connectivity index (χ2n) is 7.72. The number of amides is 1. The van der Waals surface area contributed by atoms with Crippen LogP contribution in [0.2, 0.25) is 0 Å². The Labute approximate surface area is 180 Å². The average Bonchev–Trinajstić information content (AvgIpc) is 3.43. The van der Waals surface area contributed by atoms with Crippen molar-refractivity contribution in [3.8, 4) is 5.69 Å². The predicted octanol–water partition coefficient (Wildman–Crippen LogP) is 4.67. The smallest absolute Gasteiger partial charge is 0.266 e. The van der Waals surface area contributed by atoms with Crippen LogP contribution in [0.15, 0.2) is 61.1 Å². The van der Waals surface area contributed by atoms with E-state index in [2.05, 4.69) is 41.9 Å². The molecule has 1 aliphatic rings. The van der Waals surface area contributed by atoms with Crippen LogP contribution in [-0.2, 0) is 0 Å². The summed E-state index contributed by atoms with van der Waals surface area (Å²) in [6.45, 7) is 7.46. The molecule has 0 spiro atoms. The SMILES string of the molecule is Cc1cccc(N2CCN(C(=O)c3sc4ncccc4c3-n3cccc3)CC2)c1C. The van der Waals surface area contributed by atoms with Crippen LogP contribution in [0.25, 0.3) is 15.9 Å². The van der Waals surface area contributed by atoms with Gasteiger partial charge in [-0.05, 0) is 55.3 Å². The summed E-state index contributed by atoms with van der Waals surface area (Å²) in [5.41, 5.74) is 4.85. The van der Waals surface area contributed by atoms with Crippen LogP contribution >= 0.6 is 11.3 Å². The summed E-state index contributed by atoms with van der Waals surface area (Å²) in [6.07, 6.45) is 5.77. The van der Waals surface area contributed by atoms with E-state index in [1.54, 1.807) is 6.20 Å². The molecule has 1 saturated heterocycles. The van der Waals surface area contributed by atoms with Crippen molar-refractivity contribution in [2.45, 2.75) is 13.8 Å². The Morgan fingerprint density at radius 3 is 2.50 bits per heavy atom. The molecule has 5 rings (SSSR count). The maximum atomic E-state index is 13.5. The summed E-state index contributed by atoms with van der Waals surface area (Å²) in [6, 6.07) is 14.4. The number of anilines is 1. The monoisotopic (exact) mass is 416 g/mol. The molecule has 5 nitrogen and oxygen atoms in total. The minimum absolute atomic E-state index is 0.0994. The van der Waals surface area contributed by atoms with E-state index >= 15 is 0 Å². The minimum atomic E-state index is 0.0994. The van der Waals surface area contributed by atoms with Gasteiger partial charge in [-0.25, -0.2) is 4.98 Å². The van der Waals surface area contributed by atoms with Crippen molar-refractivity contribution >= 4 is 33.1 Å². The van der Waals surface area contributed by atoms with Gasteiger partial charge in [0, 0.05) is 55.8 Å². The number of carbonyl (C=O) groups excluding carboxylic acids is 1. The molecule has 0 atom stereocenters. The number of rotatable bonds is 3. The first-order valence-electron chi connectivity index (χ1n) is 10.2. The molecule has 30 heavy (non-hydrogen) atoms. The summed E-state index contributed by atoms with van der Waals surface area (Å²) >= 11 is 1.49. The fraction of sp³-hybridized carbons (Fsp3) is 0.250. The Morgan fingerprint density at radius 2 is 1.73 bits per heavy atom. The molecular weight excluding hydrogens is 392 g/mol. The van der Waals surface area contributed by atoms with Gasteiger partial charge in [-0.2, -0.15) is 0 Å². The molecule has 0 saturated carbocycles. The summed E-state index contributed by atoms with van der Waals surface area (Å²) < 4.78 is 2.03. The van der Waals surface area contributed by atoms with Crippen molar-refractivity contribution in [1.82, 2.24) is 14.5 Å². The molecule has 1 amide bonds. The molecule has 6 heteroatoms. The van der Waals surface area contributed by atoms with Crippen LogP contribution in [0.5, 0.6) is 0 Å². The zero-order valence-corrected chi connectivity index (χ0v) is 18.0. The lowest BCUT2D eigenvalue weighted by molar-refractivity contribution is 0.0751. The molecule has 1 aliphatic heterocycles. The van der Waals surface area contributed by atoms with E-state index in [4.69, 9.17) is 0 Å². The Morgan fingerprint density at radius 1 is 0.967 bits per heavy atom. The third kappa shape index (κ3) is 3.17. The van der Waals surface area contributed by atoms with Crippen LogP contribution in [-0.4, -0.2) is 46.5 Å². The molecule has 152 valence electrons. The molecule has 0 radical (unpaired) electrons. The van der Waals surface area contributed by atoms with E-state index in [0.29, 0.717) is 0 Å². The van der Waals surface area contributed by atoms with Gasteiger partial charge in [0.25, 0.3) is 5.91 Å². The Bertz CT molecular complexity index is 1200. The van der Waals surface area contributed by atoms with Crippen molar-refractivity contribution in [2.24, 2.45) is 0 Å². The molecule has 0 unspecified atom stereocenters. The number of aryl methyl sites for hydroxylation is 1. The molecule has 1 aromatic carbocycles. The number of piperazine rings is 1. The fourth-order valence-corrected chi connectivity index (χ4v) is 5.29. The van der Waals surface area contributed by atoms with Gasteiger partial charge in [0.2, 0.25) is 0 Å². The lowest BCUT2D eigenvalue weighted by atomic mass is 10.1. The highest BCUT2D eigenvalue weighted by Crippen LogP contribution is 2.34. The Kier molecular flexibility index (Phi) is 4.79. The fourth-order valence-electron chi connectivity index (χ4n) is 4.18. The molecule has 3 aromatic heterocycles. The summed E-state index contributed by atoms with van der Waals surface area (Å²) in [5.74, 6) is 0.0994. The summed E-state index contributed by atoms with van der Waals surface area (Å²) in [4.78, 5) is 24.1. The van der Waals surface area contributed by atoms with Gasteiger partial charge in [0.15, 0.2) is 0 Å². The van der Waals surface area contributed by atoms with Crippen molar-refractivity contribution < 1.29 is 4.79 Å². The van der Waals surface area contributed by atoms with Gasteiger partial charge in [-0.3, -0.25) is 4.79 Å².